The second-order valence-electron chi connectivity index (χ2n) is 7.53. The van der Waals surface area contributed by atoms with Gasteiger partial charge in [-0.25, -0.2) is 0 Å². The van der Waals surface area contributed by atoms with Gasteiger partial charge in [0.15, 0.2) is 0 Å². The lowest BCUT2D eigenvalue weighted by molar-refractivity contribution is 0.656. The molecule has 0 unspecified atom stereocenters. The Morgan fingerprint density at radius 3 is 1.41 bits per heavy atom. The van der Waals surface area contributed by atoms with Crippen LogP contribution < -0.4 is 10.6 Å². The van der Waals surface area contributed by atoms with Gasteiger partial charge in [-0.05, 0) is 11.1 Å². The molecule has 0 fully saturated rings. The highest BCUT2D eigenvalue weighted by Crippen LogP contribution is 2.51. The molecular weight excluding hydrogens is 268 g/mol. The topological polar surface area (TPSA) is 24.1 Å². The fourth-order valence-electron chi connectivity index (χ4n) is 3.66. The lowest BCUT2D eigenvalue weighted by atomic mass is 9.81. The molecule has 0 aromatic heterocycles. The Morgan fingerprint density at radius 1 is 0.682 bits per heavy atom. The highest BCUT2D eigenvalue weighted by Gasteiger charge is 2.37. The molecule has 2 aromatic carbocycles. The van der Waals surface area contributed by atoms with Gasteiger partial charge in [-0.15, -0.1) is 0 Å². The lowest BCUT2D eigenvalue weighted by Gasteiger charge is -2.20. The highest BCUT2D eigenvalue weighted by molar-refractivity contribution is 6.07. The van der Waals surface area contributed by atoms with Gasteiger partial charge in [0.05, 0.1) is 11.4 Å². The van der Waals surface area contributed by atoms with E-state index in [1.165, 1.54) is 33.3 Å². The monoisotopic (exact) mass is 290 g/mol. The Kier molecular flexibility index (Phi) is 2.29. The Morgan fingerprint density at radius 2 is 1.05 bits per heavy atom. The number of allylic oxidation sites excluding steroid dienone is 2. The van der Waals surface area contributed by atoms with E-state index < -0.39 is 0 Å². The van der Waals surface area contributed by atoms with Crippen molar-refractivity contribution in [1.82, 2.24) is 0 Å². The zero-order chi connectivity index (χ0) is 15.9. The quantitative estimate of drug-likeness (QED) is 0.690. The number of anilines is 2. The van der Waals surface area contributed by atoms with Crippen LogP contribution in [-0.2, 0) is 10.8 Å². The highest BCUT2D eigenvalue weighted by atomic mass is 15.0. The summed E-state index contributed by atoms with van der Waals surface area (Å²) in [7, 11) is 0. The summed E-state index contributed by atoms with van der Waals surface area (Å²) in [5, 5.41) is 9.52. The molecule has 2 N–H and O–H groups in total. The minimum atomic E-state index is -0.0289. The first kappa shape index (κ1) is 13.4. The van der Waals surface area contributed by atoms with Crippen LogP contribution in [0.3, 0.4) is 0 Å². The number of benzene rings is 2. The summed E-state index contributed by atoms with van der Waals surface area (Å²) < 4.78 is 0. The Hall–Kier alpha value is -2.22. The average molecular weight is 290 g/mol. The van der Waals surface area contributed by atoms with Crippen molar-refractivity contribution in [3.05, 3.63) is 59.9 Å². The van der Waals surface area contributed by atoms with E-state index in [0.717, 1.165) is 11.4 Å². The standard InChI is InChI=1S/C20H22N2/c1-11-19(3,4)15-9-7-14-13(17(15)21-11)8-10-16-18(14)22-12(2)20(16,5)6/h7-10,21-22H,1-2H2,3-6H3. The first-order chi connectivity index (χ1) is 10.2. The zero-order valence-electron chi connectivity index (χ0n) is 13.7. The molecule has 2 aliphatic heterocycles. The first-order valence-corrected chi connectivity index (χ1v) is 7.78. The molecule has 4 rings (SSSR count). The molecule has 0 spiro atoms. The predicted octanol–water partition coefficient (Wildman–Crippen LogP) is 5.27. The van der Waals surface area contributed by atoms with Gasteiger partial charge >= 0.3 is 0 Å². The third kappa shape index (κ3) is 1.40. The Labute approximate surface area is 131 Å². The van der Waals surface area contributed by atoms with Crippen molar-refractivity contribution in [1.29, 1.82) is 0 Å². The van der Waals surface area contributed by atoms with Crippen molar-refractivity contribution in [2.75, 3.05) is 10.6 Å². The maximum absolute atomic E-state index is 4.20. The zero-order valence-corrected chi connectivity index (χ0v) is 13.7. The van der Waals surface area contributed by atoms with Crippen molar-refractivity contribution in [3.63, 3.8) is 0 Å². The van der Waals surface area contributed by atoms with Gasteiger partial charge in [-0.1, -0.05) is 65.1 Å². The molecule has 2 heterocycles. The Balaban J connectivity index is 2.05. The summed E-state index contributed by atoms with van der Waals surface area (Å²) in [5.74, 6) is 0. The van der Waals surface area contributed by atoms with Crippen LogP contribution in [-0.4, -0.2) is 0 Å². The van der Waals surface area contributed by atoms with Crippen LogP contribution in [0, 0.1) is 0 Å². The minimum Gasteiger partial charge on any atom is -0.358 e. The SMILES string of the molecule is C=C1Nc2c(ccc3c4c(ccc23)C(C)(C)C(=C)N4)C1(C)C. The van der Waals surface area contributed by atoms with Crippen molar-refractivity contribution in [3.8, 4) is 0 Å². The maximum atomic E-state index is 4.20. The minimum absolute atomic E-state index is 0.0289. The molecule has 0 saturated heterocycles. The summed E-state index contributed by atoms with van der Waals surface area (Å²) >= 11 is 0. The molecule has 0 amide bonds. The van der Waals surface area contributed by atoms with Crippen molar-refractivity contribution < 1.29 is 0 Å². The fourth-order valence-corrected chi connectivity index (χ4v) is 3.66. The molecule has 112 valence electrons. The average Bonchev–Trinajstić information content (AvgIpc) is 2.82. The molecule has 0 aliphatic carbocycles. The van der Waals surface area contributed by atoms with Crippen LogP contribution in [0.2, 0.25) is 0 Å². The van der Waals surface area contributed by atoms with Gasteiger partial charge in [0.1, 0.15) is 0 Å². The lowest BCUT2D eigenvalue weighted by Crippen LogP contribution is -2.15. The van der Waals surface area contributed by atoms with Gasteiger partial charge in [0, 0.05) is 33.0 Å². The van der Waals surface area contributed by atoms with E-state index in [2.05, 4.69) is 75.8 Å². The molecule has 0 atom stereocenters. The van der Waals surface area contributed by atoms with Crippen molar-refractivity contribution in [2.45, 2.75) is 38.5 Å². The van der Waals surface area contributed by atoms with E-state index >= 15 is 0 Å². The largest absolute Gasteiger partial charge is 0.358 e. The van der Waals surface area contributed by atoms with E-state index in [1.54, 1.807) is 0 Å². The van der Waals surface area contributed by atoms with E-state index in [0.29, 0.717) is 0 Å². The van der Waals surface area contributed by atoms with Crippen LogP contribution in [0.25, 0.3) is 10.8 Å². The molecule has 2 aromatic rings. The molecule has 2 aliphatic rings. The van der Waals surface area contributed by atoms with Crippen molar-refractivity contribution >= 4 is 22.1 Å². The summed E-state index contributed by atoms with van der Waals surface area (Å²) in [6.45, 7) is 17.3. The molecule has 2 nitrogen and oxygen atoms in total. The van der Waals surface area contributed by atoms with Gasteiger partial charge in [-0.2, -0.15) is 0 Å². The molecule has 0 saturated carbocycles. The smallest absolute Gasteiger partial charge is 0.0504 e. The maximum Gasteiger partial charge on any atom is 0.0504 e. The summed E-state index contributed by atoms with van der Waals surface area (Å²) in [6, 6.07) is 8.94. The second-order valence-corrected chi connectivity index (χ2v) is 7.53. The summed E-state index contributed by atoms with van der Waals surface area (Å²) in [5.41, 5.74) is 7.11. The number of fused-ring (bicyclic) bond motifs is 5. The van der Waals surface area contributed by atoms with E-state index in [1.807, 2.05) is 0 Å². The number of hydrogen-bond donors (Lipinski definition) is 2. The number of rotatable bonds is 0. The Bertz CT molecular complexity index is 796. The summed E-state index contributed by atoms with van der Waals surface area (Å²) in [6.07, 6.45) is 0. The predicted molar refractivity (Wildman–Crippen MR) is 95.5 cm³/mol. The van der Waals surface area contributed by atoms with Gasteiger partial charge in [0.2, 0.25) is 0 Å². The van der Waals surface area contributed by atoms with E-state index in [9.17, 15) is 0 Å². The fraction of sp³-hybridized carbons (Fsp3) is 0.300. The van der Waals surface area contributed by atoms with Crippen LogP contribution in [0.15, 0.2) is 48.8 Å². The van der Waals surface area contributed by atoms with Crippen molar-refractivity contribution in [2.24, 2.45) is 0 Å². The number of hydrogen-bond acceptors (Lipinski definition) is 2. The second kappa shape index (κ2) is 3.75. The number of nitrogens with one attached hydrogen (secondary N) is 2. The van der Waals surface area contributed by atoms with Gasteiger partial charge < -0.3 is 10.6 Å². The van der Waals surface area contributed by atoms with Gasteiger partial charge in [-0.3, -0.25) is 0 Å². The molecular formula is C20H22N2. The molecule has 22 heavy (non-hydrogen) atoms. The van der Waals surface area contributed by atoms with Crippen LogP contribution in [0.4, 0.5) is 11.4 Å². The van der Waals surface area contributed by atoms with Gasteiger partial charge in [0.25, 0.3) is 0 Å². The van der Waals surface area contributed by atoms with Crippen LogP contribution >= 0.6 is 0 Å². The van der Waals surface area contributed by atoms with Crippen LogP contribution in [0.5, 0.6) is 0 Å². The summed E-state index contributed by atoms with van der Waals surface area (Å²) in [4.78, 5) is 0. The van der Waals surface area contributed by atoms with E-state index in [-0.39, 0.29) is 10.8 Å². The molecule has 0 radical (unpaired) electrons. The third-order valence-corrected chi connectivity index (χ3v) is 5.61. The normalized spacial score (nSPS) is 20.5. The van der Waals surface area contributed by atoms with E-state index in [4.69, 9.17) is 0 Å². The molecule has 0 bridgehead atoms. The molecule has 2 heteroatoms. The third-order valence-electron chi connectivity index (χ3n) is 5.61. The first-order valence-electron chi connectivity index (χ1n) is 7.78. The van der Waals surface area contributed by atoms with Crippen LogP contribution in [0.1, 0.15) is 38.8 Å².